The number of carbonyl (C=O) groups excluding carboxylic acids is 1. The summed E-state index contributed by atoms with van der Waals surface area (Å²) in [7, 11) is 0. The number of fused-ring (bicyclic) bond motifs is 4. The summed E-state index contributed by atoms with van der Waals surface area (Å²) >= 11 is 6.01. The Balaban J connectivity index is 1.47. The second-order valence-electron chi connectivity index (χ2n) is 7.49. The number of hydrogen-bond acceptors (Lipinski definition) is 4. The molecule has 0 radical (unpaired) electrons. The van der Waals surface area contributed by atoms with Crippen LogP contribution in [0.5, 0.6) is 0 Å². The fraction of sp³-hybridized carbons (Fsp3) is 0.400. The number of hydrogen-bond donors (Lipinski definition) is 0. The first-order chi connectivity index (χ1) is 12.6. The Bertz CT molecular complexity index is 875. The van der Waals surface area contributed by atoms with Gasteiger partial charge < -0.3 is 4.74 Å². The first-order valence-corrected chi connectivity index (χ1v) is 9.33. The van der Waals surface area contributed by atoms with E-state index in [4.69, 9.17) is 16.3 Å². The molecule has 6 heteroatoms. The summed E-state index contributed by atoms with van der Waals surface area (Å²) in [6, 6.07) is 11.1. The smallest absolute Gasteiger partial charge is 0.341 e. The highest BCUT2D eigenvalue weighted by atomic mass is 35.5. The maximum atomic E-state index is 13.7. The molecule has 4 heterocycles. The Morgan fingerprint density at radius 3 is 2.62 bits per heavy atom. The summed E-state index contributed by atoms with van der Waals surface area (Å²) in [4.78, 5) is 18.7. The topological polar surface area (TPSA) is 42.4 Å². The zero-order valence-electron chi connectivity index (χ0n) is 14.1. The van der Waals surface area contributed by atoms with Gasteiger partial charge in [-0.1, -0.05) is 41.9 Å². The van der Waals surface area contributed by atoms with E-state index in [0.29, 0.717) is 30.5 Å². The lowest BCUT2D eigenvalue weighted by atomic mass is 9.80. The first-order valence-electron chi connectivity index (χ1n) is 8.95. The van der Waals surface area contributed by atoms with Crippen LogP contribution in [0.2, 0.25) is 5.02 Å². The second-order valence-corrected chi connectivity index (χ2v) is 7.86. The zero-order valence-corrected chi connectivity index (χ0v) is 14.9. The highest BCUT2D eigenvalue weighted by molar-refractivity contribution is 6.34. The number of aromatic nitrogens is 1. The standard InChI is InChI=1S/C20H18ClFN2O2/c21-17-16-15(10-23-18(17)22)20(26-19(16)25)8-13-6-7-14(9-20)24(13)11-12-4-2-1-3-5-12/h1-5,10,13-14H,6-9,11H2. The average molecular weight is 373 g/mol. The van der Waals surface area contributed by atoms with Crippen LogP contribution in [0.3, 0.4) is 0 Å². The van der Waals surface area contributed by atoms with Crippen molar-refractivity contribution in [2.24, 2.45) is 0 Å². The molecule has 2 unspecified atom stereocenters. The summed E-state index contributed by atoms with van der Waals surface area (Å²) in [6.45, 7) is 0.898. The Labute approximate surface area is 155 Å². The molecular weight excluding hydrogens is 355 g/mol. The third-order valence-electron chi connectivity index (χ3n) is 6.07. The molecule has 1 spiro atoms. The number of ether oxygens (including phenoxy) is 1. The third kappa shape index (κ3) is 2.30. The van der Waals surface area contributed by atoms with Gasteiger partial charge in [0.15, 0.2) is 0 Å². The molecule has 0 N–H and O–H groups in total. The lowest BCUT2D eigenvalue weighted by Crippen LogP contribution is -2.49. The van der Waals surface area contributed by atoms with Crippen LogP contribution < -0.4 is 0 Å². The molecule has 4 nitrogen and oxygen atoms in total. The van der Waals surface area contributed by atoms with E-state index in [2.05, 4.69) is 34.1 Å². The van der Waals surface area contributed by atoms with Crippen LogP contribution in [0.1, 0.15) is 47.2 Å². The second kappa shape index (κ2) is 5.76. The molecule has 0 aliphatic carbocycles. The molecule has 2 aromatic rings. The van der Waals surface area contributed by atoms with E-state index < -0.39 is 17.5 Å². The minimum Gasteiger partial charge on any atom is -0.450 e. The van der Waals surface area contributed by atoms with Gasteiger partial charge in [0.2, 0.25) is 5.95 Å². The van der Waals surface area contributed by atoms with Crippen molar-refractivity contribution in [3.05, 3.63) is 64.2 Å². The minimum absolute atomic E-state index is 0.162. The van der Waals surface area contributed by atoms with Gasteiger partial charge in [-0.05, 0) is 18.4 Å². The van der Waals surface area contributed by atoms with Crippen molar-refractivity contribution in [1.82, 2.24) is 9.88 Å². The van der Waals surface area contributed by atoms with Gasteiger partial charge in [0.1, 0.15) is 10.6 Å². The Hall–Kier alpha value is -1.98. The monoisotopic (exact) mass is 372 g/mol. The number of piperidine rings is 1. The number of carbonyl (C=O) groups is 1. The van der Waals surface area contributed by atoms with E-state index in [1.54, 1.807) is 0 Å². The van der Waals surface area contributed by atoms with Crippen molar-refractivity contribution in [3.63, 3.8) is 0 Å². The average Bonchev–Trinajstić information content (AvgIpc) is 3.03. The van der Waals surface area contributed by atoms with Crippen LogP contribution >= 0.6 is 11.6 Å². The molecular formula is C20H18ClFN2O2. The molecule has 2 saturated heterocycles. The number of esters is 1. The van der Waals surface area contributed by atoms with Crippen molar-refractivity contribution in [1.29, 1.82) is 0 Å². The van der Waals surface area contributed by atoms with E-state index >= 15 is 0 Å². The normalized spacial score (nSPS) is 29.8. The highest BCUT2D eigenvalue weighted by Gasteiger charge is 2.56. The fourth-order valence-electron chi connectivity index (χ4n) is 4.95. The predicted molar refractivity (Wildman–Crippen MR) is 94.3 cm³/mol. The van der Waals surface area contributed by atoms with Crippen molar-refractivity contribution in [2.45, 2.75) is 49.9 Å². The molecule has 5 rings (SSSR count). The molecule has 2 bridgehead atoms. The number of pyridine rings is 1. The molecule has 1 aromatic carbocycles. The molecule has 2 atom stereocenters. The van der Waals surface area contributed by atoms with E-state index in [9.17, 15) is 9.18 Å². The summed E-state index contributed by atoms with van der Waals surface area (Å²) in [6.07, 6.45) is 5.01. The van der Waals surface area contributed by atoms with Crippen molar-refractivity contribution in [3.8, 4) is 0 Å². The van der Waals surface area contributed by atoms with Gasteiger partial charge in [-0.25, -0.2) is 9.78 Å². The van der Waals surface area contributed by atoms with Crippen LogP contribution in [0.4, 0.5) is 4.39 Å². The zero-order chi connectivity index (χ0) is 17.9. The fourth-order valence-corrected chi connectivity index (χ4v) is 5.17. The minimum atomic E-state index is -0.816. The van der Waals surface area contributed by atoms with Gasteiger partial charge in [0.05, 0.1) is 5.56 Å². The number of nitrogens with zero attached hydrogens (tertiary/aromatic N) is 2. The van der Waals surface area contributed by atoms with Crippen LogP contribution in [0.25, 0.3) is 0 Å². The van der Waals surface area contributed by atoms with Gasteiger partial charge in [-0.3, -0.25) is 4.90 Å². The third-order valence-corrected chi connectivity index (χ3v) is 6.41. The molecule has 134 valence electrons. The lowest BCUT2D eigenvalue weighted by Gasteiger charge is -2.44. The van der Waals surface area contributed by atoms with Crippen LogP contribution in [-0.4, -0.2) is 27.9 Å². The molecule has 0 saturated carbocycles. The number of halogens is 2. The number of rotatable bonds is 2. The van der Waals surface area contributed by atoms with E-state index in [-0.39, 0.29) is 10.6 Å². The molecule has 3 aliphatic heterocycles. The maximum Gasteiger partial charge on any atom is 0.341 e. The molecule has 26 heavy (non-hydrogen) atoms. The summed E-state index contributed by atoms with van der Waals surface area (Å²) in [5, 5.41) is -0.219. The van der Waals surface area contributed by atoms with Gasteiger partial charge >= 0.3 is 5.97 Å². The van der Waals surface area contributed by atoms with Crippen molar-refractivity contribution < 1.29 is 13.9 Å². The van der Waals surface area contributed by atoms with E-state index in [0.717, 1.165) is 19.4 Å². The molecule has 1 aromatic heterocycles. The van der Waals surface area contributed by atoms with Gasteiger partial charge in [-0.2, -0.15) is 4.39 Å². The molecule has 3 aliphatic rings. The van der Waals surface area contributed by atoms with Gasteiger partial charge in [0.25, 0.3) is 0 Å². The number of benzene rings is 1. The summed E-state index contributed by atoms with van der Waals surface area (Å²) in [5.74, 6) is -1.34. The SMILES string of the molecule is O=C1OC2(CC3CCC(C2)N3Cc2ccccc2)c2cnc(F)c(Cl)c21. The van der Waals surface area contributed by atoms with Crippen molar-refractivity contribution in [2.75, 3.05) is 0 Å². The maximum absolute atomic E-state index is 13.7. The van der Waals surface area contributed by atoms with Crippen LogP contribution in [0.15, 0.2) is 36.5 Å². The first kappa shape index (κ1) is 16.2. The van der Waals surface area contributed by atoms with E-state index in [1.807, 2.05) is 6.07 Å². The van der Waals surface area contributed by atoms with Crippen molar-refractivity contribution >= 4 is 17.6 Å². The summed E-state index contributed by atoms with van der Waals surface area (Å²) in [5.41, 5.74) is 1.40. The Morgan fingerprint density at radius 1 is 1.23 bits per heavy atom. The predicted octanol–water partition coefficient (Wildman–Crippen LogP) is 4.07. The Morgan fingerprint density at radius 2 is 1.92 bits per heavy atom. The van der Waals surface area contributed by atoms with E-state index in [1.165, 1.54) is 11.8 Å². The molecule has 2 fully saturated rings. The molecule has 0 amide bonds. The highest BCUT2D eigenvalue weighted by Crippen LogP contribution is 2.53. The Kier molecular flexibility index (Phi) is 3.59. The largest absolute Gasteiger partial charge is 0.450 e. The van der Waals surface area contributed by atoms with Crippen LogP contribution in [0, 0.1) is 5.95 Å². The lowest BCUT2D eigenvalue weighted by molar-refractivity contribution is -0.0671. The van der Waals surface area contributed by atoms with Gasteiger partial charge in [-0.15, -0.1) is 0 Å². The van der Waals surface area contributed by atoms with Crippen LogP contribution in [-0.2, 0) is 16.9 Å². The summed E-state index contributed by atoms with van der Waals surface area (Å²) < 4.78 is 19.5. The quantitative estimate of drug-likeness (QED) is 0.588. The van der Waals surface area contributed by atoms with Gasteiger partial charge in [0, 0.05) is 43.2 Å².